The summed E-state index contributed by atoms with van der Waals surface area (Å²) in [4.78, 5) is 25.8. The van der Waals surface area contributed by atoms with E-state index in [0.29, 0.717) is 12.4 Å². The number of hydrogen-bond donors (Lipinski definition) is 0. The number of hydrogen-bond acceptors (Lipinski definition) is 5. The maximum Gasteiger partial charge on any atom is 0.235 e. The number of thioether (sulfide) groups is 1. The molecular formula is C20H22FN3OS2. The highest BCUT2D eigenvalue weighted by Crippen LogP contribution is 2.36. The molecule has 0 radical (unpaired) electrons. The fraction of sp³-hybridized carbons (Fsp3) is 0.350. The van der Waals surface area contributed by atoms with Crippen molar-refractivity contribution in [1.82, 2.24) is 14.9 Å². The van der Waals surface area contributed by atoms with E-state index < -0.39 is 0 Å². The highest BCUT2D eigenvalue weighted by molar-refractivity contribution is 8.00. The Morgan fingerprint density at radius 1 is 1.30 bits per heavy atom. The van der Waals surface area contributed by atoms with Crippen LogP contribution in [0.1, 0.15) is 28.8 Å². The number of fused-ring (bicyclic) bond motifs is 1. The van der Waals surface area contributed by atoms with Gasteiger partial charge in [-0.25, -0.2) is 14.4 Å². The summed E-state index contributed by atoms with van der Waals surface area (Å²) in [6, 6.07) is 6.33. The third-order valence-electron chi connectivity index (χ3n) is 4.43. The Kier molecular flexibility index (Phi) is 5.81. The molecule has 3 rings (SSSR count). The van der Waals surface area contributed by atoms with Crippen LogP contribution in [0, 0.1) is 26.6 Å². The van der Waals surface area contributed by atoms with Gasteiger partial charge < -0.3 is 4.90 Å². The van der Waals surface area contributed by atoms with Crippen molar-refractivity contribution in [1.29, 1.82) is 0 Å². The smallest absolute Gasteiger partial charge is 0.235 e. The largest absolute Gasteiger partial charge is 0.340 e. The van der Waals surface area contributed by atoms with Crippen LogP contribution in [0.5, 0.6) is 0 Å². The molecule has 0 bridgehead atoms. The number of amides is 1. The predicted octanol–water partition coefficient (Wildman–Crippen LogP) is 4.89. The topological polar surface area (TPSA) is 46.1 Å². The van der Waals surface area contributed by atoms with Gasteiger partial charge in [-0.3, -0.25) is 4.79 Å². The Morgan fingerprint density at radius 3 is 2.74 bits per heavy atom. The van der Waals surface area contributed by atoms with E-state index in [4.69, 9.17) is 0 Å². The molecule has 0 fully saturated rings. The lowest BCUT2D eigenvalue weighted by atomic mass is 10.2. The third kappa shape index (κ3) is 4.30. The number of rotatable bonds is 5. The van der Waals surface area contributed by atoms with Crippen LogP contribution in [-0.4, -0.2) is 33.1 Å². The summed E-state index contributed by atoms with van der Waals surface area (Å²) in [5, 5.41) is 1.58. The Labute approximate surface area is 166 Å². The summed E-state index contributed by atoms with van der Waals surface area (Å²) in [5.74, 6) is 0.398. The van der Waals surface area contributed by atoms with Crippen molar-refractivity contribution in [3.05, 3.63) is 51.9 Å². The van der Waals surface area contributed by atoms with Crippen molar-refractivity contribution in [2.24, 2.45) is 0 Å². The van der Waals surface area contributed by atoms with Gasteiger partial charge in [-0.1, -0.05) is 23.9 Å². The zero-order chi connectivity index (χ0) is 19.7. The molecule has 0 saturated heterocycles. The maximum atomic E-state index is 13.4. The van der Waals surface area contributed by atoms with Gasteiger partial charge in [-0.2, -0.15) is 0 Å². The van der Waals surface area contributed by atoms with Crippen molar-refractivity contribution in [2.75, 3.05) is 7.05 Å². The van der Waals surface area contributed by atoms with Gasteiger partial charge in [0.25, 0.3) is 0 Å². The molecule has 0 unspecified atom stereocenters. The second-order valence-corrected chi connectivity index (χ2v) is 9.16. The first kappa shape index (κ1) is 19.8. The van der Waals surface area contributed by atoms with Crippen molar-refractivity contribution < 1.29 is 9.18 Å². The van der Waals surface area contributed by atoms with Gasteiger partial charge in [-0.15, -0.1) is 11.3 Å². The SMILES string of the molecule is Cc1nc(S[C@@H](C)C(=O)N(C)Cc2cccc(F)c2)c2c(C)c(C)sc2n1. The number of carbonyl (C=O) groups is 1. The number of thiophene rings is 1. The van der Waals surface area contributed by atoms with E-state index in [-0.39, 0.29) is 17.0 Å². The Morgan fingerprint density at radius 2 is 2.04 bits per heavy atom. The summed E-state index contributed by atoms with van der Waals surface area (Å²) >= 11 is 3.11. The monoisotopic (exact) mass is 403 g/mol. The Balaban J connectivity index is 1.79. The number of aromatic nitrogens is 2. The summed E-state index contributed by atoms with van der Waals surface area (Å²) < 4.78 is 13.4. The van der Waals surface area contributed by atoms with Crippen molar-refractivity contribution in [2.45, 2.75) is 44.5 Å². The zero-order valence-corrected chi connectivity index (χ0v) is 17.7. The molecule has 3 aromatic rings. The number of benzene rings is 1. The van der Waals surface area contributed by atoms with Crippen LogP contribution in [0.3, 0.4) is 0 Å². The first-order valence-electron chi connectivity index (χ1n) is 8.66. The fourth-order valence-electron chi connectivity index (χ4n) is 2.92. The predicted molar refractivity (Wildman–Crippen MR) is 110 cm³/mol. The average Bonchev–Trinajstić information content (AvgIpc) is 2.88. The molecule has 0 aliphatic heterocycles. The van der Waals surface area contributed by atoms with Gasteiger partial charge in [0.15, 0.2) is 0 Å². The molecule has 27 heavy (non-hydrogen) atoms. The third-order valence-corrected chi connectivity index (χ3v) is 6.60. The van der Waals surface area contributed by atoms with E-state index in [0.717, 1.165) is 20.8 Å². The summed E-state index contributed by atoms with van der Waals surface area (Å²) in [6.45, 7) is 8.27. The quantitative estimate of drug-likeness (QED) is 0.449. The first-order valence-corrected chi connectivity index (χ1v) is 10.4. The van der Waals surface area contributed by atoms with Crippen LogP contribution in [0.25, 0.3) is 10.2 Å². The van der Waals surface area contributed by atoms with Gasteiger partial charge >= 0.3 is 0 Å². The van der Waals surface area contributed by atoms with Crippen LogP contribution in [0.4, 0.5) is 4.39 Å². The van der Waals surface area contributed by atoms with Crippen molar-refractivity contribution in [3.63, 3.8) is 0 Å². The fourth-order valence-corrected chi connectivity index (χ4v) is 5.22. The summed E-state index contributed by atoms with van der Waals surface area (Å²) in [7, 11) is 1.74. The van der Waals surface area contributed by atoms with Gasteiger partial charge in [-0.05, 0) is 51.0 Å². The van der Waals surface area contributed by atoms with Crippen LogP contribution in [0.2, 0.25) is 0 Å². The summed E-state index contributed by atoms with van der Waals surface area (Å²) in [5.41, 5.74) is 1.94. The standard InChI is InChI=1S/C20H22FN3OS2/c1-11-12(2)26-18-17(11)19(23-14(4)22-18)27-13(3)20(25)24(5)10-15-7-6-8-16(21)9-15/h6-9,13H,10H2,1-5H3/t13-/m0/s1. The molecule has 2 aromatic heterocycles. The molecule has 142 valence electrons. The molecule has 0 aliphatic carbocycles. The number of aryl methyl sites for hydroxylation is 3. The van der Waals surface area contributed by atoms with Gasteiger partial charge in [0, 0.05) is 23.9 Å². The Bertz CT molecular complexity index is 1000. The average molecular weight is 404 g/mol. The lowest BCUT2D eigenvalue weighted by Gasteiger charge is -2.21. The number of halogens is 1. The molecule has 0 N–H and O–H groups in total. The van der Waals surface area contributed by atoms with Crippen LogP contribution >= 0.6 is 23.1 Å². The van der Waals surface area contributed by atoms with E-state index in [1.165, 1.54) is 34.3 Å². The Hall–Kier alpha value is -1.99. The number of nitrogens with zero attached hydrogens (tertiary/aromatic N) is 3. The van der Waals surface area contributed by atoms with E-state index >= 15 is 0 Å². The van der Waals surface area contributed by atoms with Crippen LogP contribution < -0.4 is 0 Å². The molecule has 2 heterocycles. The van der Waals surface area contributed by atoms with Crippen LogP contribution in [0.15, 0.2) is 29.3 Å². The highest BCUT2D eigenvalue weighted by atomic mass is 32.2. The van der Waals surface area contributed by atoms with E-state index in [1.54, 1.807) is 29.4 Å². The lowest BCUT2D eigenvalue weighted by Crippen LogP contribution is -2.32. The van der Waals surface area contributed by atoms with E-state index in [9.17, 15) is 9.18 Å². The highest BCUT2D eigenvalue weighted by Gasteiger charge is 2.22. The number of carbonyl (C=O) groups excluding carboxylic acids is 1. The molecular weight excluding hydrogens is 381 g/mol. The first-order chi connectivity index (χ1) is 12.8. The van der Waals surface area contributed by atoms with E-state index in [1.807, 2.05) is 19.9 Å². The lowest BCUT2D eigenvalue weighted by molar-refractivity contribution is -0.129. The van der Waals surface area contributed by atoms with Gasteiger partial charge in [0.05, 0.1) is 5.25 Å². The van der Waals surface area contributed by atoms with Crippen molar-refractivity contribution in [3.8, 4) is 0 Å². The molecule has 1 aromatic carbocycles. The summed E-state index contributed by atoms with van der Waals surface area (Å²) in [6.07, 6.45) is 0. The minimum atomic E-state index is -0.305. The second kappa shape index (κ2) is 7.94. The maximum absolute atomic E-state index is 13.4. The molecule has 7 heteroatoms. The van der Waals surface area contributed by atoms with Gasteiger partial charge in [0.2, 0.25) is 5.91 Å². The minimum Gasteiger partial charge on any atom is -0.340 e. The molecule has 1 amide bonds. The zero-order valence-electron chi connectivity index (χ0n) is 16.0. The van der Waals surface area contributed by atoms with Gasteiger partial charge in [0.1, 0.15) is 21.5 Å². The molecule has 0 saturated carbocycles. The molecule has 0 aliphatic rings. The minimum absolute atomic E-state index is 0.0155. The normalized spacial score (nSPS) is 12.4. The molecule has 1 atom stereocenters. The molecule has 4 nitrogen and oxygen atoms in total. The van der Waals surface area contributed by atoms with Crippen molar-refractivity contribution >= 4 is 39.2 Å². The van der Waals surface area contributed by atoms with Crippen LogP contribution in [-0.2, 0) is 11.3 Å². The van der Waals surface area contributed by atoms with E-state index in [2.05, 4.69) is 23.8 Å². The second-order valence-electron chi connectivity index (χ2n) is 6.62. The molecule has 0 spiro atoms.